The number of thioether (sulfide) groups is 1. The summed E-state index contributed by atoms with van der Waals surface area (Å²) in [6.45, 7) is 7.66. The summed E-state index contributed by atoms with van der Waals surface area (Å²) in [6.07, 6.45) is 6.57. The lowest BCUT2D eigenvalue weighted by atomic mass is 10.2. The molecule has 3 aromatic heterocycles. The first-order valence-electron chi connectivity index (χ1n) is 8.23. The summed E-state index contributed by atoms with van der Waals surface area (Å²) in [7, 11) is 0. The van der Waals surface area contributed by atoms with Gasteiger partial charge >= 0.3 is 0 Å². The van der Waals surface area contributed by atoms with E-state index < -0.39 is 0 Å². The Hall–Kier alpha value is -3.12. The molecule has 3 heterocycles. The number of rotatable bonds is 5. The predicted molar refractivity (Wildman–Crippen MR) is 104 cm³/mol. The van der Waals surface area contributed by atoms with Crippen molar-refractivity contribution < 1.29 is 0 Å². The molecule has 0 fully saturated rings. The van der Waals surface area contributed by atoms with Crippen molar-refractivity contribution in [1.29, 1.82) is 5.26 Å². The SMILES string of the molecule is C=CCn1c(=O)c2cnc(SC)nc2n1-c1cc(C#N)c(=O)n(C(C)C)c1. The molecule has 8 nitrogen and oxygen atoms in total. The van der Waals surface area contributed by atoms with E-state index in [0.717, 1.165) is 0 Å². The predicted octanol–water partition coefficient (Wildman–Crippen LogP) is 2.10. The zero-order chi connectivity index (χ0) is 19.7. The Morgan fingerprint density at radius 2 is 2.11 bits per heavy atom. The van der Waals surface area contributed by atoms with Crippen molar-refractivity contribution in [3.8, 4) is 11.8 Å². The van der Waals surface area contributed by atoms with Crippen molar-refractivity contribution in [3.63, 3.8) is 0 Å². The zero-order valence-electron chi connectivity index (χ0n) is 15.2. The van der Waals surface area contributed by atoms with E-state index in [1.54, 1.807) is 17.0 Å². The third-order valence-corrected chi connectivity index (χ3v) is 4.65. The van der Waals surface area contributed by atoms with Crippen LogP contribution in [-0.4, -0.2) is 30.2 Å². The summed E-state index contributed by atoms with van der Waals surface area (Å²) in [6, 6.07) is 3.26. The van der Waals surface area contributed by atoms with Gasteiger partial charge in [-0.25, -0.2) is 19.3 Å². The van der Waals surface area contributed by atoms with Gasteiger partial charge in [-0.1, -0.05) is 17.8 Å². The van der Waals surface area contributed by atoms with Gasteiger partial charge in [0.1, 0.15) is 17.0 Å². The molecule has 0 saturated heterocycles. The van der Waals surface area contributed by atoms with Gasteiger partial charge in [-0.15, -0.1) is 6.58 Å². The maximum atomic E-state index is 12.8. The van der Waals surface area contributed by atoms with Crippen molar-refractivity contribution in [1.82, 2.24) is 23.9 Å². The summed E-state index contributed by atoms with van der Waals surface area (Å²) in [4.78, 5) is 33.9. The third kappa shape index (κ3) is 3.08. The van der Waals surface area contributed by atoms with Gasteiger partial charge in [-0.3, -0.25) is 9.59 Å². The van der Waals surface area contributed by atoms with Crippen LogP contribution in [0.2, 0.25) is 0 Å². The van der Waals surface area contributed by atoms with E-state index in [-0.39, 0.29) is 29.3 Å². The molecule has 0 aliphatic rings. The quantitative estimate of drug-likeness (QED) is 0.381. The fourth-order valence-electron chi connectivity index (χ4n) is 2.83. The highest BCUT2D eigenvalue weighted by Crippen LogP contribution is 2.19. The summed E-state index contributed by atoms with van der Waals surface area (Å²) >= 11 is 1.36. The molecule has 3 rings (SSSR count). The van der Waals surface area contributed by atoms with Gasteiger partial charge in [0, 0.05) is 18.4 Å². The Morgan fingerprint density at radius 3 is 2.70 bits per heavy atom. The van der Waals surface area contributed by atoms with Gasteiger partial charge in [0.05, 0.1) is 12.2 Å². The summed E-state index contributed by atoms with van der Waals surface area (Å²) < 4.78 is 4.54. The zero-order valence-corrected chi connectivity index (χ0v) is 16.0. The second-order valence-corrected chi connectivity index (χ2v) is 6.89. The van der Waals surface area contributed by atoms with Crippen LogP contribution >= 0.6 is 11.8 Å². The molecule has 0 N–H and O–H groups in total. The largest absolute Gasteiger partial charge is 0.310 e. The molecular formula is C18H18N6O2S. The summed E-state index contributed by atoms with van der Waals surface area (Å²) in [5.41, 5.74) is 0.279. The molecule has 0 saturated carbocycles. The van der Waals surface area contributed by atoms with Crippen molar-refractivity contribution >= 4 is 22.8 Å². The van der Waals surface area contributed by atoms with Crippen LogP contribution in [0.15, 0.2) is 45.9 Å². The highest BCUT2D eigenvalue weighted by atomic mass is 32.2. The first-order valence-corrected chi connectivity index (χ1v) is 9.45. The number of hydrogen-bond donors (Lipinski definition) is 0. The second-order valence-electron chi connectivity index (χ2n) is 6.11. The first kappa shape index (κ1) is 18.7. The van der Waals surface area contributed by atoms with Crippen LogP contribution < -0.4 is 11.1 Å². The molecule has 0 spiro atoms. The third-order valence-electron chi connectivity index (χ3n) is 4.09. The van der Waals surface area contributed by atoms with Gasteiger partial charge in [0.2, 0.25) is 0 Å². The van der Waals surface area contributed by atoms with Gasteiger partial charge < -0.3 is 4.57 Å². The molecule has 9 heteroatoms. The summed E-state index contributed by atoms with van der Waals surface area (Å²) in [5, 5.41) is 10.3. The van der Waals surface area contributed by atoms with Crippen LogP contribution in [-0.2, 0) is 6.54 Å². The van der Waals surface area contributed by atoms with Crippen LogP contribution in [0.4, 0.5) is 0 Å². The molecule has 0 atom stereocenters. The van der Waals surface area contributed by atoms with Crippen LogP contribution in [0, 0.1) is 11.3 Å². The van der Waals surface area contributed by atoms with Crippen LogP contribution in [0.5, 0.6) is 0 Å². The Bertz CT molecular complexity index is 1200. The summed E-state index contributed by atoms with van der Waals surface area (Å²) in [5.74, 6) is 0. The van der Waals surface area contributed by atoms with Gasteiger partial charge in [0.15, 0.2) is 10.8 Å². The topological polar surface area (TPSA) is 98.5 Å². The number of aromatic nitrogens is 5. The van der Waals surface area contributed by atoms with E-state index in [1.165, 1.54) is 33.3 Å². The monoisotopic (exact) mass is 382 g/mol. The van der Waals surface area contributed by atoms with E-state index in [1.807, 2.05) is 26.2 Å². The molecule has 0 unspecified atom stereocenters. The van der Waals surface area contributed by atoms with Gasteiger partial charge in [-0.05, 0) is 26.2 Å². The Balaban J connectivity index is 2.47. The molecule has 0 amide bonds. The Morgan fingerprint density at radius 1 is 1.37 bits per heavy atom. The van der Waals surface area contributed by atoms with E-state index in [9.17, 15) is 14.9 Å². The average Bonchev–Trinajstić information content (AvgIpc) is 2.93. The number of hydrogen-bond acceptors (Lipinski definition) is 6. The standard InChI is InChI=1S/C18H18N6O2S/c1-5-6-23-17(26)14-9-20-18(27-4)21-15(14)24(23)13-7-12(8-19)16(25)22(10-13)11(2)3/h5,7,9-11H,1,6H2,2-4H3. The normalized spacial score (nSPS) is 11.1. The molecule has 0 aromatic carbocycles. The molecular weight excluding hydrogens is 364 g/mol. The molecule has 0 aliphatic heterocycles. The first-order chi connectivity index (χ1) is 12.9. The van der Waals surface area contributed by atoms with Crippen LogP contribution in [0.1, 0.15) is 25.5 Å². The molecule has 138 valence electrons. The molecule has 0 bridgehead atoms. The minimum Gasteiger partial charge on any atom is -0.310 e. The van der Waals surface area contributed by atoms with Gasteiger partial charge in [-0.2, -0.15) is 5.26 Å². The minimum atomic E-state index is -0.371. The Kier molecular flexibility index (Phi) is 5.01. The second kappa shape index (κ2) is 7.25. The maximum absolute atomic E-state index is 12.8. The molecule has 27 heavy (non-hydrogen) atoms. The average molecular weight is 382 g/mol. The highest BCUT2D eigenvalue weighted by molar-refractivity contribution is 7.98. The lowest BCUT2D eigenvalue weighted by Gasteiger charge is -2.16. The highest BCUT2D eigenvalue weighted by Gasteiger charge is 2.19. The molecule has 3 aromatic rings. The fraction of sp³-hybridized carbons (Fsp3) is 0.278. The fourth-order valence-corrected chi connectivity index (χ4v) is 3.16. The van der Waals surface area contributed by atoms with E-state index in [2.05, 4.69) is 16.5 Å². The number of nitrogens with zero attached hydrogens (tertiary/aromatic N) is 6. The van der Waals surface area contributed by atoms with Crippen molar-refractivity contribution in [2.24, 2.45) is 0 Å². The van der Waals surface area contributed by atoms with E-state index in [0.29, 0.717) is 21.9 Å². The van der Waals surface area contributed by atoms with Crippen LogP contribution in [0.3, 0.4) is 0 Å². The smallest absolute Gasteiger partial charge is 0.278 e. The van der Waals surface area contributed by atoms with Crippen LogP contribution in [0.25, 0.3) is 16.7 Å². The van der Waals surface area contributed by atoms with Gasteiger partial charge in [0.25, 0.3) is 11.1 Å². The lowest BCUT2D eigenvalue weighted by molar-refractivity contribution is 0.560. The van der Waals surface area contributed by atoms with E-state index >= 15 is 0 Å². The molecule has 0 radical (unpaired) electrons. The number of allylic oxidation sites excluding steroid dienone is 1. The van der Waals surface area contributed by atoms with E-state index in [4.69, 9.17) is 0 Å². The van der Waals surface area contributed by atoms with Crippen molar-refractivity contribution in [2.75, 3.05) is 6.26 Å². The van der Waals surface area contributed by atoms with Crippen molar-refractivity contribution in [3.05, 3.63) is 57.4 Å². The Labute approximate surface area is 159 Å². The number of nitriles is 1. The van der Waals surface area contributed by atoms with Crippen molar-refractivity contribution in [2.45, 2.75) is 31.6 Å². The lowest BCUT2D eigenvalue weighted by Crippen LogP contribution is -2.27. The number of fused-ring (bicyclic) bond motifs is 1. The molecule has 0 aliphatic carbocycles. The maximum Gasteiger partial charge on any atom is 0.278 e. The minimum absolute atomic E-state index is 0.000187. The number of pyridine rings is 1.